The van der Waals surface area contributed by atoms with Crippen LogP contribution in [0.25, 0.3) is 0 Å². The number of hydrogen-bond acceptors (Lipinski definition) is 1. The first-order valence-corrected chi connectivity index (χ1v) is 4.49. The van der Waals surface area contributed by atoms with Crippen molar-refractivity contribution in [1.29, 1.82) is 0 Å². The Morgan fingerprint density at radius 2 is 1.54 bits per heavy atom. The number of rotatable bonds is 7. The fourth-order valence-corrected chi connectivity index (χ4v) is 1.06. The average Bonchev–Trinajstić information content (AvgIpc) is 1.96. The Bertz CT molecular complexity index is 110. The number of carbonyl (C=O) groups is 1. The summed E-state index contributed by atoms with van der Waals surface area (Å²) < 4.78 is 0. The van der Waals surface area contributed by atoms with Gasteiger partial charge in [0.2, 0.25) is 0 Å². The third kappa shape index (κ3) is 19.9. The number of carboxylic acids is 1. The molecular formula is C9H19FeKO2. The van der Waals surface area contributed by atoms with Crippen LogP contribution in [0.1, 0.15) is 51.9 Å². The molecule has 0 amide bonds. The van der Waals surface area contributed by atoms with Crippen LogP contribution in [0.2, 0.25) is 0 Å². The SMILES string of the molecule is CCCCCCCCC(=O)O.[Fe].[KH]. The molecule has 1 N–H and O–H groups in total. The van der Waals surface area contributed by atoms with Crippen molar-refractivity contribution in [2.75, 3.05) is 0 Å². The van der Waals surface area contributed by atoms with Crippen LogP contribution in [0.15, 0.2) is 0 Å². The molecule has 0 aliphatic rings. The van der Waals surface area contributed by atoms with E-state index in [2.05, 4.69) is 6.92 Å². The molecule has 13 heavy (non-hydrogen) atoms. The molecule has 0 fully saturated rings. The Hall–Kier alpha value is 1.63. The van der Waals surface area contributed by atoms with E-state index in [1.165, 1.54) is 25.7 Å². The van der Waals surface area contributed by atoms with E-state index in [9.17, 15) is 4.79 Å². The van der Waals surface area contributed by atoms with Gasteiger partial charge in [-0.25, -0.2) is 0 Å². The zero-order chi connectivity index (χ0) is 8.53. The first kappa shape index (κ1) is 20.1. The van der Waals surface area contributed by atoms with E-state index in [4.69, 9.17) is 5.11 Å². The predicted molar refractivity (Wildman–Crippen MR) is 52.8 cm³/mol. The minimum atomic E-state index is -0.666. The minimum absolute atomic E-state index is 0. The molecule has 0 aliphatic heterocycles. The third-order valence-electron chi connectivity index (χ3n) is 1.74. The van der Waals surface area contributed by atoms with Crippen LogP contribution in [0, 0.1) is 0 Å². The molecule has 0 radical (unpaired) electrons. The van der Waals surface area contributed by atoms with E-state index >= 15 is 0 Å². The van der Waals surface area contributed by atoms with Crippen molar-refractivity contribution in [2.45, 2.75) is 51.9 Å². The van der Waals surface area contributed by atoms with E-state index in [0.717, 1.165) is 12.8 Å². The predicted octanol–water partition coefficient (Wildman–Crippen LogP) is 2.17. The van der Waals surface area contributed by atoms with Gasteiger partial charge in [0.25, 0.3) is 0 Å². The first-order valence-electron chi connectivity index (χ1n) is 4.49. The molecule has 0 aromatic heterocycles. The Labute approximate surface area is 134 Å². The maximum absolute atomic E-state index is 10.1. The van der Waals surface area contributed by atoms with Crippen LogP contribution in [-0.2, 0) is 21.9 Å². The van der Waals surface area contributed by atoms with Gasteiger partial charge in [0.15, 0.2) is 0 Å². The molecule has 0 aromatic carbocycles. The second kappa shape index (κ2) is 16.1. The molecule has 0 atom stereocenters. The Morgan fingerprint density at radius 1 is 1.08 bits per heavy atom. The maximum atomic E-state index is 10.1. The monoisotopic (exact) mass is 254 g/mol. The van der Waals surface area contributed by atoms with Gasteiger partial charge in [-0.15, -0.1) is 0 Å². The van der Waals surface area contributed by atoms with Crippen LogP contribution in [0.5, 0.6) is 0 Å². The zero-order valence-corrected chi connectivity index (χ0v) is 8.76. The summed E-state index contributed by atoms with van der Waals surface area (Å²) in [4.78, 5) is 10.1. The van der Waals surface area contributed by atoms with Gasteiger partial charge in [-0.1, -0.05) is 39.0 Å². The second-order valence-electron chi connectivity index (χ2n) is 2.91. The molecular weight excluding hydrogens is 235 g/mol. The van der Waals surface area contributed by atoms with Gasteiger partial charge in [0.05, 0.1) is 0 Å². The van der Waals surface area contributed by atoms with Crippen molar-refractivity contribution >= 4 is 57.4 Å². The molecule has 0 saturated carbocycles. The summed E-state index contributed by atoms with van der Waals surface area (Å²) in [5.41, 5.74) is 0. The van der Waals surface area contributed by atoms with Crippen LogP contribution >= 0.6 is 0 Å². The van der Waals surface area contributed by atoms with E-state index in [1.54, 1.807) is 0 Å². The fourth-order valence-electron chi connectivity index (χ4n) is 1.06. The van der Waals surface area contributed by atoms with Crippen molar-refractivity contribution in [3.8, 4) is 0 Å². The summed E-state index contributed by atoms with van der Waals surface area (Å²) in [6.07, 6.45) is 7.25. The van der Waals surface area contributed by atoms with Crippen molar-refractivity contribution in [3.05, 3.63) is 0 Å². The van der Waals surface area contributed by atoms with Crippen LogP contribution < -0.4 is 0 Å². The summed E-state index contributed by atoms with van der Waals surface area (Å²) in [5, 5.41) is 8.32. The van der Waals surface area contributed by atoms with Crippen LogP contribution in [-0.4, -0.2) is 62.5 Å². The molecule has 0 heterocycles. The van der Waals surface area contributed by atoms with Gasteiger partial charge in [0, 0.05) is 23.5 Å². The Balaban J connectivity index is -0.000000500. The van der Waals surface area contributed by atoms with Gasteiger partial charge in [-0.05, 0) is 6.42 Å². The third-order valence-corrected chi connectivity index (χ3v) is 1.74. The van der Waals surface area contributed by atoms with E-state index in [0.29, 0.717) is 6.42 Å². The summed E-state index contributed by atoms with van der Waals surface area (Å²) >= 11 is 0. The van der Waals surface area contributed by atoms with Crippen molar-refractivity contribution in [1.82, 2.24) is 0 Å². The van der Waals surface area contributed by atoms with E-state index in [-0.39, 0.29) is 68.5 Å². The summed E-state index contributed by atoms with van der Waals surface area (Å²) in [7, 11) is 0. The fraction of sp³-hybridized carbons (Fsp3) is 0.889. The van der Waals surface area contributed by atoms with Gasteiger partial charge >= 0.3 is 57.4 Å². The zero-order valence-electron chi connectivity index (χ0n) is 7.66. The molecule has 0 saturated heterocycles. The topological polar surface area (TPSA) is 37.3 Å². The van der Waals surface area contributed by atoms with Gasteiger partial charge in [-0.3, -0.25) is 4.79 Å². The normalized spacial score (nSPS) is 8.38. The van der Waals surface area contributed by atoms with E-state index in [1.807, 2.05) is 0 Å². The Kier molecular flexibility index (Phi) is 24.8. The van der Waals surface area contributed by atoms with Gasteiger partial charge in [-0.2, -0.15) is 0 Å². The number of aliphatic carboxylic acids is 1. The molecule has 0 bridgehead atoms. The van der Waals surface area contributed by atoms with Gasteiger partial charge < -0.3 is 5.11 Å². The molecule has 0 aliphatic carbocycles. The Morgan fingerprint density at radius 3 is 2.00 bits per heavy atom. The summed E-state index contributed by atoms with van der Waals surface area (Å²) in [6.45, 7) is 2.18. The summed E-state index contributed by atoms with van der Waals surface area (Å²) in [6, 6.07) is 0. The summed E-state index contributed by atoms with van der Waals surface area (Å²) in [5.74, 6) is -0.666. The van der Waals surface area contributed by atoms with E-state index < -0.39 is 5.97 Å². The molecule has 2 nitrogen and oxygen atoms in total. The molecule has 4 heteroatoms. The second-order valence-corrected chi connectivity index (χ2v) is 2.91. The average molecular weight is 254 g/mol. The number of unbranched alkanes of at least 4 members (excludes halogenated alkanes) is 5. The van der Waals surface area contributed by atoms with Crippen molar-refractivity contribution < 1.29 is 27.0 Å². The van der Waals surface area contributed by atoms with Crippen LogP contribution in [0.3, 0.4) is 0 Å². The number of hydrogen-bond donors (Lipinski definition) is 1. The molecule has 0 rings (SSSR count). The van der Waals surface area contributed by atoms with Crippen LogP contribution in [0.4, 0.5) is 0 Å². The van der Waals surface area contributed by atoms with Crippen molar-refractivity contribution in [2.24, 2.45) is 0 Å². The van der Waals surface area contributed by atoms with Crippen molar-refractivity contribution in [3.63, 3.8) is 0 Å². The molecule has 76 valence electrons. The quantitative estimate of drug-likeness (QED) is 0.558. The standard InChI is InChI=1S/C9H18O2.Fe.K.H/c1-2-3-4-5-6-7-8-9(10)11;;;/h2-8H2,1H3,(H,10,11);;;. The first-order chi connectivity index (χ1) is 5.27. The molecule has 0 spiro atoms. The van der Waals surface area contributed by atoms with Gasteiger partial charge in [0.1, 0.15) is 0 Å². The molecule has 0 unspecified atom stereocenters. The molecule has 0 aromatic rings. The number of carboxylic acid groups (broad SMARTS) is 1.